The van der Waals surface area contributed by atoms with Gasteiger partial charge in [-0.2, -0.15) is 5.10 Å². The number of amides is 1. The Morgan fingerprint density at radius 2 is 2.00 bits per heavy atom. The van der Waals surface area contributed by atoms with E-state index in [9.17, 15) is 4.79 Å². The van der Waals surface area contributed by atoms with Crippen LogP contribution in [0.5, 0.6) is 5.75 Å². The van der Waals surface area contributed by atoms with Crippen molar-refractivity contribution >= 4 is 45.1 Å². The number of hydrogen-bond donors (Lipinski definition) is 3. The number of likely N-dealkylation sites (N-methyl/N-ethyl adjacent to an activating group) is 1. The van der Waals surface area contributed by atoms with Gasteiger partial charge in [-0.3, -0.25) is 14.0 Å². The Hall–Kier alpha value is -4.29. The van der Waals surface area contributed by atoms with Gasteiger partial charge in [0.1, 0.15) is 12.1 Å². The number of nitrogens with zero attached hydrogens (tertiary/aromatic N) is 7. The van der Waals surface area contributed by atoms with Crippen molar-refractivity contribution in [3.8, 4) is 11.6 Å². The lowest BCUT2D eigenvalue weighted by Gasteiger charge is -2.13. The van der Waals surface area contributed by atoms with Gasteiger partial charge in [0.25, 0.3) is 0 Å². The van der Waals surface area contributed by atoms with Crippen molar-refractivity contribution in [2.45, 2.75) is 13.0 Å². The van der Waals surface area contributed by atoms with E-state index in [4.69, 9.17) is 16.3 Å². The first-order chi connectivity index (χ1) is 18.5. The van der Waals surface area contributed by atoms with Gasteiger partial charge in [-0.15, -0.1) is 10.2 Å². The van der Waals surface area contributed by atoms with Gasteiger partial charge in [0.05, 0.1) is 35.8 Å². The summed E-state index contributed by atoms with van der Waals surface area (Å²) in [5.41, 5.74) is 2.30. The van der Waals surface area contributed by atoms with E-state index in [1.54, 1.807) is 41.3 Å². The number of rotatable bonds is 10. The van der Waals surface area contributed by atoms with Gasteiger partial charge in [-0.25, -0.2) is 9.97 Å². The maximum Gasteiger partial charge on any atom is 0.226 e. The van der Waals surface area contributed by atoms with E-state index in [0.717, 1.165) is 27.4 Å². The number of anilines is 1. The fraction of sp³-hybridized carbons (Fsp3) is 0.280. The summed E-state index contributed by atoms with van der Waals surface area (Å²) < 4.78 is 8.71. The van der Waals surface area contributed by atoms with Crippen LogP contribution in [-0.2, 0) is 24.8 Å². The van der Waals surface area contributed by atoms with Gasteiger partial charge in [0.15, 0.2) is 17.3 Å². The summed E-state index contributed by atoms with van der Waals surface area (Å²) >= 11 is 6.30. The second kappa shape index (κ2) is 11.0. The van der Waals surface area contributed by atoms with E-state index in [1.807, 2.05) is 32.3 Å². The maximum atomic E-state index is 12.2. The number of carbonyl (C=O) groups is 1. The largest absolute Gasteiger partial charge is 0.495 e. The third kappa shape index (κ3) is 5.08. The quantitative estimate of drug-likeness (QED) is 0.230. The topological polar surface area (TPSA) is 137 Å². The van der Waals surface area contributed by atoms with E-state index in [2.05, 4.69) is 41.2 Å². The van der Waals surface area contributed by atoms with Gasteiger partial charge >= 0.3 is 0 Å². The van der Waals surface area contributed by atoms with E-state index < -0.39 is 0 Å². The molecule has 0 radical (unpaired) electrons. The molecule has 0 fully saturated rings. The molecule has 0 spiro atoms. The number of pyridine rings is 1. The molecular formula is C25H27ClN10O2. The lowest BCUT2D eigenvalue weighted by Crippen LogP contribution is -2.31. The van der Waals surface area contributed by atoms with Crippen LogP contribution in [0.1, 0.15) is 11.3 Å². The molecule has 0 aliphatic carbocycles. The van der Waals surface area contributed by atoms with Gasteiger partial charge in [0.2, 0.25) is 5.91 Å². The summed E-state index contributed by atoms with van der Waals surface area (Å²) in [6.07, 6.45) is 7.08. The van der Waals surface area contributed by atoms with E-state index >= 15 is 0 Å². The molecule has 4 aromatic heterocycles. The van der Waals surface area contributed by atoms with Crippen LogP contribution in [0.2, 0.25) is 5.02 Å². The van der Waals surface area contributed by atoms with Crippen molar-refractivity contribution in [2.75, 3.05) is 32.6 Å². The number of fused-ring (bicyclic) bond motifs is 3. The Kier molecular flexibility index (Phi) is 7.33. The predicted molar refractivity (Wildman–Crippen MR) is 145 cm³/mol. The monoisotopic (exact) mass is 534 g/mol. The van der Waals surface area contributed by atoms with Crippen molar-refractivity contribution in [1.29, 1.82) is 0 Å². The Balaban J connectivity index is 1.48. The lowest BCUT2D eigenvalue weighted by atomic mass is 10.1. The number of hydrogen-bond acceptors (Lipinski definition) is 9. The molecule has 5 rings (SSSR count). The number of halogens is 1. The Morgan fingerprint density at radius 3 is 2.79 bits per heavy atom. The van der Waals surface area contributed by atoms with Crippen molar-refractivity contribution in [3.05, 3.63) is 59.4 Å². The van der Waals surface area contributed by atoms with Gasteiger partial charge in [0, 0.05) is 49.8 Å². The smallest absolute Gasteiger partial charge is 0.226 e. The first kappa shape index (κ1) is 25.4. The van der Waals surface area contributed by atoms with Crippen LogP contribution < -0.4 is 20.7 Å². The van der Waals surface area contributed by atoms with Crippen molar-refractivity contribution in [2.24, 2.45) is 7.05 Å². The molecule has 0 saturated carbocycles. The molecule has 5 aromatic rings. The SMILES string of the molecule is CNCCNC(=O)Cc1cn(-c2nnc(NCc3ccc(OC)c(Cl)c3)c3c2cnc2c3cnn2C)cn1. The first-order valence-electron chi connectivity index (χ1n) is 12.0. The number of aryl methyl sites for hydroxylation is 1. The second-order valence-corrected chi connectivity index (χ2v) is 9.06. The molecule has 1 amide bonds. The Bertz CT molecular complexity index is 1610. The first-order valence-corrected chi connectivity index (χ1v) is 12.3. The molecule has 0 bridgehead atoms. The van der Waals surface area contributed by atoms with Crippen LogP contribution in [0.25, 0.3) is 27.6 Å². The molecule has 0 aliphatic heterocycles. The van der Waals surface area contributed by atoms with Gasteiger partial charge < -0.3 is 20.7 Å². The van der Waals surface area contributed by atoms with Crippen LogP contribution in [0, 0.1) is 0 Å². The highest BCUT2D eigenvalue weighted by molar-refractivity contribution is 6.32. The summed E-state index contributed by atoms with van der Waals surface area (Å²) in [7, 11) is 5.26. The number of carbonyl (C=O) groups excluding carboxylic acids is 1. The summed E-state index contributed by atoms with van der Waals surface area (Å²) in [5, 5.41) is 25.6. The van der Waals surface area contributed by atoms with Gasteiger partial charge in [-0.05, 0) is 24.7 Å². The van der Waals surface area contributed by atoms with Crippen LogP contribution in [0.15, 0.2) is 43.1 Å². The van der Waals surface area contributed by atoms with Gasteiger partial charge in [-0.1, -0.05) is 17.7 Å². The fourth-order valence-corrected chi connectivity index (χ4v) is 4.45. The molecular weight excluding hydrogens is 508 g/mol. The van der Waals surface area contributed by atoms with E-state index in [0.29, 0.717) is 47.7 Å². The molecule has 3 N–H and O–H groups in total. The molecule has 196 valence electrons. The summed E-state index contributed by atoms with van der Waals surface area (Å²) in [6.45, 7) is 1.72. The van der Waals surface area contributed by atoms with Crippen LogP contribution in [0.3, 0.4) is 0 Å². The number of nitrogens with one attached hydrogen (secondary N) is 3. The number of imidazole rings is 1. The highest BCUT2D eigenvalue weighted by atomic mass is 35.5. The fourth-order valence-electron chi connectivity index (χ4n) is 4.17. The average molecular weight is 535 g/mol. The number of aromatic nitrogens is 7. The molecule has 0 saturated heterocycles. The number of methoxy groups -OCH3 is 1. The summed E-state index contributed by atoms with van der Waals surface area (Å²) in [4.78, 5) is 21.2. The Morgan fingerprint density at radius 1 is 1.13 bits per heavy atom. The lowest BCUT2D eigenvalue weighted by molar-refractivity contribution is -0.120. The second-order valence-electron chi connectivity index (χ2n) is 8.65. The Labute approximate surface area is 223 Å². The standard InChI is InChI=1S/C25H27ClN10O2/c1-27-6-7-28-21(37)9-16-13-36(14-31-16)25-17-11-30-24-18(12-32-35(24)2)22(17)23(33-34-25)29-10-15-4-5-20(38-3)19(26)8-15/h4-5,8,11-14,27H,6-7,9-10H2,1-3H3,(H,28,37)(H,29,33). The minimum absolute atomic E-state index is 0.0987. The minimum atomic E-state index is -0.0987. The molecule has 0 aliphatic rings. The molecule has 0 atom stereocenters. The maximum absolute atomic E-state index is 12.2. The average Bonchev–Trinajstić information content (AvgIpc) is 3.53. The van der Waals surface area contributed by atoms with Crippen LogP contribution >= 0.6 is 11.6 Å². The molecule has 0 unspecified atom stereocenters. The van der Waals surface area contributed by atoms with Crippen molar-refractivity contribution in [1.82, 2.24) is 45.1 Å². The third-order valence-electron chi connectivity index (χ3n) is 6.08. The predicted octanol–water partition coefficient (Wildman–Crippen LogP) is 2.25. The van der Waals surface area contributed by atoms with Crippen LogP contribution in [0.4, 0.5) is 5.82 Å². The third-order valence-corrected chi connectivity index (χ3v) is 6.38. The minimum Gasteiger partial charge on any atom is -0.495 e. The highest BCUT2D eigenvalue weighted by Crippen LogP contribution is 2.32. The van der Waals surface area contributed by atoms with Crippen molar-refractivity contribution < 1.29 is 9.53 Å². The zero-order chi connectivity index (χ0) is 26.6. The zero-order valence-corrected chi connectivity index (χ0v) is 22.0. The normalized spacial score (nSPS) is 11.3. The summed E-state index contributed by atoms with van der Waals surface area (Å²) in [6, 6.07) is 5.61. The van der Waals surface area contributed by atoms with E-state index in [1.165, 1.54) is 0 Å². The van der Waals surface area contributed by atoms with E-state index in [-0.39, 0.29) is 12.3 Å². The molecule has 12 nitrogen and oxygen atoms in total. The van der Waals surface area contributed by atoms with Crippen molar-refractivity contribution in [3.63, 3.8) is 0 Å². The molecule has 38 heavy (non-hydrogen) atoms. The highest BCUT2D eigenvalue weighted by Gasteiger charge is 2.18. The number of benzene rings is 1. The molecule has 13 heteroatoms. The zero-order valence-electron chi connectivity index (χ0n) is 21.2. The summed E-state index contributed by atoms with van der Waals surface area (Å²) in [5.74, 6) is 1.65. The van der Waals surface area contributed by atoms with Crippen LogP contribution in [-0.4, -0.2) is 67.7 Å². The molecule has 1 aromatic carbocycles. The number of ether oxygens (including phenoxy) is 1. The molecule has 4 heterocycles.